The molecule has 2 heterocycles. The molecule has 3 amide bonds. The van der Waals surface area contributed by atoms with Crippen molar-refractivity contribution in [1.82, 2.24) is 15.1 Å². The van der Waals surface area contributed by atoms with Crippen LogP contribution in [0.25, 0.3) is 0 Å². The zero-order valence-electron chi connectivity index (χ0n) is 25.9. The van der Waals surface area contributed by atoms with Crippen LogP contribution in [0, 0.1) is 12.8 Å². The van der Waals surface area contributed by atoms with Gasteiger partial charge in [-0.25, -0.2) is 0 Å². The van der Waals surface area contributed by atoms with Gasteiger partial charge in [0.25, 0.3) is 0 Å². The Hall–Kier alpha value is -4.01. The van der Waals surface area contributed by atoms with Crippen LogP contribution in [0.1, 0.15) is 59.2 Å². The van der Waals surface area contributed by atoms with E-state index < -0.39 is 12.1 Å². The SMILES string of the molecule is Cc1cc(NC(=O)C(CC2CCN(C)CC2)NC(=O)C2Cc3ccccc3CN2C(=O)CCC(=O)c2ccccc2)ccc1Cl. The van der Waals surface area contributed by atoms with Gasteiger partial charge in [-0.1, -0.05) is 66.2 Å². The van der Waals surface area contributed by atoms with Gasteiger partial charge in [-0.05, 0) is 87.1 Å². The highest BCUT2D eigenvalue weighted by Crippen LogP contribution is 2.27. The molecular formula is C36H41ClN4O4. The third-order valence-corrected chi connectivity index (χ3v) is 9.42. The number of carbonyl (C=O) groups is 4. The molecule has 2 aliphatic rings. The molecule has 2 atom stereocenters. The fraction of sp³-hybridized carbons (Fsp3) is 0.389. The van der Waals surface area contributed by atoms with Crippen molar-refractivity contribution < 1.29 is 19.2 Å². The zero-order chi connectivity index (χ0) is 31.9. The number of halogens is 1. The molecule has 3 aromatic rings. The molecule has 0 bridgehead atoms. The van der Waals surface area contributed by atoms with Crippen molar-refractivity contribution in [1.29, 1.82) is 0 Å². The van der Waals surface area contributed by atoms with Crippen LogP contribution in [0.15, 0.2) is 72.8 Å². The average molecular weight is 629 g/mol. The Kier molecular flexibility index (Phi) is 10.7. The largest absolute Gasteiger partial charge is 0.342 e. The number of nitrogens with one attached hydrogen (secondary N) is 2. The van der Waals surface area contributed by atoms with Crippen LogP contribution >= 0.6 is 11.6 Å². The van der Waals surface area contributed by atoms with Crippen molar-refractivity contribution in [2.24, 2.45) is 5.92 Å². The molecule has 0 saturated carbocycles. The number of piperidine rings is 1. The van der Waals surface area contributed by atoms with Crippen molar-refractivity contribution in [2.45, 2.75) is 64.1 Å². The summed E-state index contributed by atoms with van der Waals surface area (Å²) in [5, 5.41) is 6.63. The minimum absolute atomic E-state index is 0.00486. The van der Waals surface area contributed by atoms with Crippen LogP contribution in [0.4, 0.5) is 5.69 Å². The summed E-state index contributed by atoms with van der Waals surface area (Å²) in [6, 6.07) is 20.4. The molecule has 2 N–H and O–H groups in total. The lowest BCUT2D eigenvalue weighted by molar-refractivity contribution is -0.142. The first-order valence-corrected chi connectivity index (χ1v) is 16.1. The second-order valence-electron chi connectivity index (χ2n) is 12.3. The summed E-state index contributed by atoms with van der Waals surface area (Å²) in [7, 11) is 2.09. The van der Waals surface area contributed by atoms with E-state index in [-0.39, 0.29) is 48.8 Å². The lowest BCUT2D eigenvalue weighted by Gasteiger charge is -2.37. The number of hydrogen-bond acceptors (Lipinski definition) is 5. The molecule has 0 aromatic heterocycles. The van der Waals surface area contributed by atoms with E-state index in [2.05, 4.69) is 22.6 Å². The van der Waals surface area contributed by atoms with Crippen molar-refractivity contribution in [2.75, 3.05) is 25.5 Å². The molecule has 1 saturated heterocycles. The summed E-state index contributed by atoms with van der Waals surface area (Å²) >= 11 is 6.20. The number of amides is 3. The number of Topliss-reactive ketones (excluding diaryl/α,β-unsaturated/α-hetero) is 1. The summed E-state index contributed by atoms with van der Waals surface area (Å²) in [5.41, 5.74) is 3.97. The number of rotatable bonds is 10. The lowest BCUT2D eigenvalue weighted by atomic mass is 9.89. The lowest BCUT2D eigenvalue weighted by Crippen LogP contribution is -2.56. The van der Waals surface area contributed by atoms with Gasteiger partial charge in [-0.2, -0.15) is 0 Å². The Morgan fingerprint density at radius 3 is 2.31 bits per heavy atom. The standard InChI is InChI=1S/C36H41ClN4O4/c1-24-20-29(12-13-30(24)37)38-35(44)31(21-25-16-18-40(2)19-17-25)39-36(45)32-22-27-10-6-7-11-28(27)23-41(32)34(43)15-14-33(42)26-8-4-3-5-9-26/h3-13,20,25,31-32H,14-19,21-23H2,1-2H3,(H,38,44)(H,39,45). The van der Waals surface area contributed by atoms with E-state index in [1.54, 1.807) is 41.3 Å². The predicted octanol–water partition coefficient (Wildman–Crippen LogP) is 5.42. The first-order chi connectivity index (χ1) is 21.7. The van der Waals surface area contributed by atoms with Gasteiger partial charge >= 0.3 is 0 Å². The number of hydrogen-bond donors (Lipinski definition) is 2. The molecule has 0 aliphatic carbocycles. The van der Waals surface area contributed by atoms with Gasteiger partial charge in [-0.15, -0.1) is 0 Å². The number of fused-ring (bicyclic) bond motifs is 1. The molecule has 5 rings (SSSR count). The van der Waals surface area contributed by atoms with E-state index in [0.29, 0.717) is 29.1 Å². The van der Waals surface area contributed by atoms with Gasteiger partial charge in [0.1, 0.15) is 12.1 Å². The van der Waals surface area contributed by atoms with E-state index >= 15 is 0 Å². The summed E-state index contributed by atoms with van der Waals surface area (Å²) < 4.78 is 0. The highest BCUT2D eigenvalue weighted by atomic mass is 35.5. The van der Waals surface area contributed by atoms with E-state index in [9.17, 15) is 19.2 Å². The molecule has 236 valence electrons. The fourth-order valence-corrected chi connectivity index (χ4v) is 6.35. The number of nitrogens with zero attached hydrogens (tertiary/aromatic N) is 2. The molecular weight excluding hydrogens is 588 g/mol. The van der Waals surface area contributed by atoms with Crippen LogP contribution in [-0.2, 0) is 27.3 Å². The van der Waals surface area contributed by atoms with Gasteiger partial charge in [0.15, 0.2) is 5.78 Å². The topological polar surface area (TPSA) is 98.8 Å². The van der Waals surface area contributed by atoms with E-state index in [1.807, 2.05) is 43.3 Å². The van der Waals surface area contributed by atoms with Crippen molar-refractivity contribution in [3.05, 3.63) is 100 Å². The highest BCUT2D eigenvalue weighted by molar-refractivity contribution is 6.31. The minimum atomic E-state index is -0.801. The van der Waals surface area contributed by atoms with Crippen LogP contribution in [0.5, 0.6) is 0 Å². The summed E-state index contributed by atoms with van der Waals surface area (Å²) in [6.07, 6.45) is 2.76. The van der Waals surface area contributed by atoms with E-state index in [4.69, 9.17) is 11.6 Å². The molecule has 45 heavy (non-hydrogen) atoms. The fourth-order valence-electron chi connectivity index (χ4n) is 6.23. The van der Waals surface area contributed by atoms with Crippen LogP contribution in [0.3, 0.4) is 0 Å². The summed E-state index contributed by atoms with van der Waals surface area (Å²) in [6.45, 7) is 4.01. The molecule has 2 unspecified atom stereocenters. The maximum Gasteiger partial charge on any atom is 0.246 e. The Morgan fingerprint density at radius 2 is 1.60 bits per heavy atom. The number of likely N-dealkylation sites (tertiary alicyclic amines) is 1. The molecule has 8 nitrogen and oxygen atoms in total. The molecule has 2 aliphatic heterocycles. The zero-order valence-corrected chi connectivity index (χ0v) is 26.7. The van der Waals surface area contributed by atoms with Gasteiger partial charge in [0, 0.05) is 42.1 Å². The maximum atomic E-state index is 14.1. The number of ketones is 1. The Morgan fingerprint density at radius 1 is 0.911 bits per heavy atom. The first kappa shape index (κ1) is 32.4. The number of anilines is 1. The molecule has 0 spiro atoms. The molecule has 3 aromatic carbocycles. The number of benzene rings is 3. The smallest absolute Gasteiger partial charge is 0.246 e. The van der Waals surface area contributed by atoms with Gasteiger partial charge < -0.3 is 20.4 Å². The third-order valence-electron chi connectivity index (χ3n) is 9.00. The van der Waals surface area contributed by atoms with Crippen LogP contribution in [0.2, 0.25) is 5.02 Å². The number of aryl methyl sites for hydroxylation is 1. The summed E-state index contributed by atoms with van der Waals surface area (Å²) in [5.74, 6) is -0.770. The highest BCUT2D eigenvalue weighted by Gasteiger charge is 2.37. The maximum absolute atomic E-state index is 14.1. The summed E-state index contributed by atoms with van der Waals surface area (Å²) in [4.78, 5) is 58.0. The van der Waals surface area contributed by atoms with Crippen molar-refractivity contribution >= 4 is 40.8 Å². The van der Waals surface area contributed by atoms with Crippen LogP contribution < -0.4 is 10.6 Å². The van der Waals surface area contributed by atoms with Crippen molar-refractivity contribution in [3.63, 3.8) is 0 Å². The number of carbonyl (C=O) groups excluding carboxylic acids is 4. The quantitative estimate of drug-likeness (QED) is 0.292. The van der Waals surface area contributed by atoms with Crippen LogP contribution in [-0.4, -0.2) is 65.5 Å². The Bertz CT molecular complexity index is 1540. The predicted molar refractivity (Wildman–Crippen MR) is 176 cm³/mol. The monoisotopic (exact) mass is 628 g/mol. The van der Waals surface area contributed by atoms with Gasteiger partial charge in [0.05, 0.1) is 0 Å². The van der Waals surface area contributed by atoms with Gasteiger partial charge in [0.2, 0.25) is 17.7 Å². The third kappa shape index (κ3) is 8.38. The molecule has 0 radical (unpaired) electrons. The van der Waals surface area contributed by atoms with Gasteiger partial charge in [-0.3, -0.25) is 19.2 Å². The molecule has 9 heteroatoms. The normalized spacial score (nSPS) is 17.7. The average Bonchev–Trinajstić information content (AvgIpc) is 3.05. The minimum Gasteiger partial charge on any atom is -0.342 e. The first-order valence-electron chi connectivity index (χ1n) is 15.7. The Labute approximate surface area is 270 Å². The van der Waals surface area contributed by atoms with E-state index in [1.165, 1.54) is 0 Å². The second-order valence-corrected chi connectivity index (χ2v) is 12.7. The second kappa shape index (κ2) is 14.8. The molecule has 1 fully saturated rings. The Balaban J connectivity index is 1.34. The van der Waals surface area contributed by atoms with E-state index in [0.717, 1.165) is 42.6 Å². The van der Waals surface area contributed by atoms with Crippen molar-refractivity contribution in [3.8, 4) is 0 Å².